The van der Waals surface area contributed by atoms with Gasteiger partial charge in [0.15, 0.2) is 0 Å². The molecule has 2 amide bonds. The summed E-state index contributed by atoms with van der Waals surface area (Å²) in [5, 5.41) is 6.23. The van der Waals surface area contributed by atoms with Gasteiger partial charge in [-0.1, -0.05) is 26.0 Å². The molecule has 0 aliphatic rings. The molecule has 0 saturated carbocycles. The number of halogens is 1. The highest BCUT2D eigenvalue weighted by molar-refractivity contribution is 7.13. The molecule has 2 aromatic rings. The Morgan fingerprint density at radius 3 is 2.52 bits per heavy atom. The number of hydrogen-bond acceptors (Lipinski definition) is 4. The first kappa shape index (κ1) is 19.1. The van der Waals surface area contributed by atoms with Crippen LogP contribution >= 0.6 is 11.3 Å². The number of amides is 2. The Kier molecular flexibility index (Phi) is 6.64. The molecule has 0 bridgehead atoms. The summed E-state index contributed by atoms with van der Waals surface area (Å²) in [7, 11) is 0. The van der Waals surface area contributed by atoms with Crippen LogP contribution in [-0.2, 0) is 17.8 Å². The van der Waals surface area contributed by atoms with Crippen molar-refractivity contribution in [2.45, 2.75) is 33.7 Å². The van der Waals surface area contributed by atoms with Gasteiger partial charge in [0.25, 0.3) is 5.91 Å². The van der Waals surface area contributed by atoms with Crippen LogP contribution in [0.25, 0.3) is 0 Å². The molecule has 0 atom stereocenters. The molecule has 1 aromatic carbocycles. The first-order chi connectivity index (χ1) is 11.8. The van der Waals surface area contributed by atoms with E-state index < -0.39 is 0 Å². The zero-order valence-electron chi connectivity index (χ0n) is 14.6. The zero-order valence-corrected chi connectivity index (χ0v) is 15.4. The Hall–Kier alpha value is -2.28. The van der Waals surface area contributed by atoms with Crippen molar-refractivity contribution in [3.8, 4) is 0 Å². The van der Waals surface area contributed by atoms with E-state index >= 15 is 0 Å². The Morgan fingerprint density at radius 2 is 1.88 bits per heavy atom. The molecule has 0 aliphatic heterocycles. The van der Waals surface area contributed by atoms with Crippen LogP contribution in [0.15, 0.2) is 24.3 Å². The van der Waals surface area contributed by atoms with Crippen LogP contribution in [0.3, 0.4) is 0 Å². The molecule has 0 aliphatic carbocycles. The topological polar surface area (TPSA) is 71.1 Å². The van der Waals surface area contributed by atoms with Gasteiger partial charge >= 0.3 is 0 Å². The lowest BCUT2D eigenvalue weighted by atomic mass is 10.2. The third-order valence-corrected chi connectivity index (χ3v) is 4.59. The molecule has 2 rings (SSSR count). The van der Waals surface area contributed by atoms with Crippen LogP contribution in [0.2, 0.25) is 0 Å². The molecule has 0 unspecified atom stereocenters. The summed E-state index contributed by atoms with van der Waals surface area (Å²) in [4.78, 5) is 29.0. The number of carbonyl (C=O) groups excluding carboxylic acids is 2. The van der Waals surface area contributed by atoms with E-state index in [1.54, 1.807) is 19.1 Å². The molecule has 0 saturated heterocycles. The van der Waals surface area contributed by atoms with Crippen molar-refractivity contribution in [2.24, 2.45) is 5.92 Å². The summed E-state index contributed by atoms with van der Waals surface area (Å²) >= 11 is 1.24. The van der Waals surface area contributed by atoms with Gasteiger partial charge in [0.1, 0.15) is 15.7 Å². The summed E-state index contributed by atoms with van der Waals surface area (Å²) < 4.78 is 12.9. The molecular formula is C18H22FN3O2S. The minimum atomic E-state index is -0.309. The van der Waals surface area contributed by atoms with Crippen molar-refractivity contribution >= 4 is 23.2 Å². The molecule has 2 N–H and O–H groups in total. The number of benzene rings is 1. The molecule has 134 valence electrons. The number of nitrogens with zero attached hydrogens (tertiary/aromatic N) is 1. The van der Waals surface area contributed by atoms with Crippen molar-refractivity contribution in [3.05, 3.63) is 51.2 Å². The van der Waals surface area contributed by atoms with E-state index in [0.717, 1.165) is 5.56 Å². The third kappa shape index (κ3) is 5.94. The second-order valence-corrected chi connectivity index (χ2v) is 7.29. The molecule has 0 radical (unpaired) electrons. The first-order valence-electron chi connectivity index (χ1n) is 8.10. The smallest absolute Gasteiger partial charge is 0.263 e. The second kappa shape index (κ2) is 8.71. The van der Waals surface area contributed by atoms with E-state index in [4.69, 9.17) is 0 Å². The lowest BCUT2D eigenvalue weighted by Crippen LogP contribution is -2.27. The zero-order chi connectivity index (χ0) is 18.4. The van der Waals surface area contributed by atoms with E-state index in [0.29, 0.717) is 34.6 Å². The number of rotatable bonds is 7. The van der Waals surface area contributed by atoms with Crippen molar-refractivity contribution in [3.63, 3.8) is 0 Å². The van der Waals surface area contributed by atoms with Gasteiger partial charge in [0.2, 0.25) is 5.91 Å². The number of nitrogens with one attached hydrogen (secondary N) is 2. The van der Waals surface area contributed by atoms with E-state index in [1.807, 2.05) is 13.8 Å². The average molecular weight is 363 g/mol. The molecule has 0 fully saturated rings. The number of thiazole rings is 1. The quantitative estimate of drug-likeness (QED) is 0.795. The third-order valence-electron chi connectivity index (χ3n) is 3.43. The van der Waals surface area contributed by atoms with Crippen molar-refractivity contribution in [1.82, 2.24) is 15.6 Å². The van der Waals surface area contributed by atoms with Gasteiger partial charge in [-0.2, -0.15) is 0 Å². The summed E-state index contributed by atoms with van der Waals surface area (Å²) in [6.45, 7) is 6.74. The summed E-state index contributed by atoms with van der Waals surface area (Å²) in [6.07, 6.45) is 0.115. The molecule has 5 nitrogen and oxygen atoms in total. The second-order valence-electron chi connectivity index (χ2n) is 6.21. The maximum atomic E-state index is 12.9. The van der Waals surface area contributed by atoms with Gasteiger partial charge < -0.3 is 10.6 Å². The first-order valence-corrected chi connectivity index (χ1v) is 8.92. The summed E-state index contributed by atoms with van der Waals surface area (Å²) in [5.74, 6) is -0.278. The van der Waals surface area contributed by atoms with Crippen molar-refractivity contribution < 1.29 is 14.0 Å². The predicted octanol–water partition coefficient (Wildman–Crippen LogP) is 2.84. The van der Waals surface area contributed by atoms with Gasteiger partial charge in [0, 0.05) is 13.1 Å². The molecular weight excluding hydrogens is 341 g/mol. The number of aromatic nitrogens is 1. The maximum Gasteiger partial charge on any atom is 0.263 e. The Bertz CT molecular complexity index is 741. The number of hydrogen-bond donors (Lipinski definition) is 2. The minimum absolute atomic E-state index is 0.115. The largest absolute Gasteiger partial charge is 0.352 e. The van der Waals surface area contributed by atoms with Crippen LogP contribution in [0, 0.1) is 18.7 Å². The van der Waals surface area contributed by atoms with Crippen LogP contribution < -0.4 is 10.6 Å². The fraction of sp³-hybridized carbons (Fsp3) is 0.389. The molecule has 1 heterocycles. The number of carbonyl (C=O) groups is 2. The average Bonchev–Trinajstić information content (AvgIpc) is 2.92. The maximum absolute atomic E-state index is 12.9. The monoisotopic (exact) mass is 363 g/mol. The molecule has 1 aromatic heterocycles. The predicted molar refractivity (Wildman–Crippen MR) is 96.0 cm³/mol. The standard InChI is InChI=1S/C18H22FN3O2S/c1-11(2)9-21-18(24)17-12(3)22-16(25-17)8-15(23)20-10-13-4-6-14(19)7-5-13/h4-7,11H,8-10H2,1-3H3,(H,20,23)(H,21,24). The summed E-state index contributed by atoms with van der Waals surface area (Å²) in [6, 6.07) is 5.96. The van der Waals surface area contributed by atoms with E-state index in [9.17, 15) is 14.0 Å². The normalized spacial score (nSPS) is 10.8. The lowest BCUT2D eigenvalue weighted by molar-refractivity contribution is -0.120. The van der Waals surface area contributed by atoms with Gasteiger partial charge in [0.05, 0.1) is 12.1 Å². The molecule has 25 heavy (non-hydrogen) atoms. The highest BCUT2D eigenvalue weighted by Gasteiger charge is 2.17. The van der Waals surface area contributed by atoms with Crippen LogP contribution in [0.5, 0.6) is 0 Å². The Balaban J connectivity index is 1.89. The summed E-state index contributed by atoms with van der Waals surface area (Å²) in [5.41, 5.74) is 1.45. The van der Waals surface area contributed by atoms with Crippen LogP contribution in [0.4, 0.5) is 4.39 Å². The van der Waals surface area contributed by atoms with Crippen molar-refractivity contribution in [1.29, 1.82) is 0 Å². The van der Waals surface area contributed by atoms with Gasteiger partial charge in [-0.05, 0) is 30.5 Å². The van der Waals surface area contributed by atoms with Gasteiger partial charge in [-0.3, -0.25) is 9.59 Å². The fourth-order valence-corrected chi connectivity index (χ4v) is 3.10. The van der Waals surface area contributed by atoms with E-state index in [-0.39, 0.29) is 24.1 Å². The Labute approximate surface area is 150 Å². The number of aryl methyl sites for hydroxylation is 1. The highest BCUT2D eigenvalue weighted by atomic mass is 32.1. The van der Waals surface area contributed by atoms with Gasteiger partial charge in [-0.25, -0.2) is 9.37 Å². The van der Waals surface area contributed by atoms with Crippen LogP contribution in [-0.4, -0.2) is 23.3 Å². The SMILES string of the molecule is Cc1nc(CC(=O)NCc2ccc(F)cc2)sc1C(=O)NCC(C)C. The molecule has 0 spiro atoms. The lowest BCUT2D eigenvalue weighted by Gasteiger charge is -2.06. The van der Waals surface area contributed by atoms with Crippen LogP contribution in [0.1, 0.15) is 39.8 Å². The Morgan fingerprint density at radius 1 is 1.20 bits per heavy atom. The molecule has 7 heteroatoms. The van der Waals surface area contributed by atoms with E-state index in [2.05, 4.69) is 15.6 Å². The van der Waals surface area contributed by atoms with Crippen molar-refractivity contribution in [2.75, 3.05) is 6.54 Å². The minimum Gasteiger partial charge on any atom is -0.352 e. The highest BCUT2D eigenvalue weighted by Crippen LogP contribution is 2.18. The fourth-order valence-electron chi connectivity index (χ4n) is 2.12. The van der Waals surface area contributed by atoms with Gasteiger partial charge in [-0.15, -0.1) is 11.3 Å². The van der Waals surface area contributed by atoms with E-state index in [1.165, 1.54) is 23.5 Å².